The summed E-state index contributed by atoms with van der Waals surface area (Å²) in [6.45, 7) is 0.0570. The van der Waals surface area contributed by atoms with Crippen LogP contribution in [0.4, 0.5) is 17.1 Å². The molecule has 2 aliphatic heterocycles. The second kappa shape index (κ2) is 8.48. The quantitative estimate of drug-likeness (QED) is 0.423. The van der Waals surface area contributed by atoms with Gasteiger partial charge in [-0.05, 0) is 54.6 Å². The summed E-state index contributed by atoms with van der Waals surface area (Å²) in [5.74, 6) is -3.08. The molecule has 0 aliphatic carbocycles. The predicted octanol–water partition coefficient (Wildman–Crippen LogP) is 3.90. The standard InChI is InChI=1S/C24H16Cl2N4O4/c25-13-3-1-5-16(9-13)29-12-20(24(34)30(29)17-6-2-4-14(26)10-17)23(33)27-15-7-8-18-19(11-15)22(32)28-21(18)31/h1-11,20H,12H2,(H,27,33)(H,28,31,32). The van der Waals surface area contributed by atoms with E-state index in [9.17, 15) is 19.2 Å². The number of halogens is 2. The molecule has 1 atom stereocenters. The van der Waals surface area contributed by atoms with E-state index in [0.717, 1.165) is 0 Å². The number of rotatable bonds is 4. The monoisotopic (exact) mass is 494 g/mol. The molecule has 5 rings (SSSR count). The Labute approximate surface area is 204 Å². The number of fused-ring (bicyclic) bond motifs is 1. The second-order valence-electron chi connectivity index (χ2n) is 7.78. The number of hydrogen-bond donors (Lipinski definition) is 2. The van der Waals surface area contributed by atoms with Crippen molar-refractivity contribution in [2.75, 3.05) is 21.9 Å². The van der Waals surface area contributed by atoms with Crippen molar-refractivity contribution < 1.29 is 19.2 Å². The molecule has 0 bridgehead atoms. The van der Waals surface area contributed by atoms with Crippen LogP contribution in [0.5, 0.6) is 0 Å². The number of nitrogens with one attached hydrogen (secondary N) is 2. The molecule has 3 aromatic carbocycles. The van der Waals surface area contributed by atoms with Crippen LogP contribution >= 0.6 is 23.2 Å². The Hall–Kier alpha value is -3.88. The Balaban J connectivity index is 1.46. The molecule has 1 fully saturated rings. The highest BCUT2D eigenvalue weighted by Gasteiger charge is 2.43. The van der Waals surface area contributed by atoms with Crippen molar-refractivity contribution in [1.82, 2.24) is 5.32 Å². The molecule has 8 nitrogen and oxygen atoms in total. The minimum atomic E-state index is -1.05. The van der Waals surface area contributed by atoms with Gasteiger partial charge in [0.05, 0.1) is 29.0 Å². The average Bonchev–Trinajstić information content (AvgIpc) is 3.29. The lowest BCUT2D eigenvalue weighted by Crippen LogP contribution is -2.39. The molecule has 34 heavy (non-hydrogen) atoms. The maximum absolute atomic E-state index is 13.4. The number of nitrogens with zero attached hydrogens (tertiary/aromatic N) is 2. The Morgan fingerprint density at radius 1 is 0.853 bits per heavy atom. The van der Waals surface area contributed by atoms with Crippen LogP contribution < -0.4 is 20.7 Å². The van der Waals surface area contributed by atoms with Crippen LogP contribution in [0.25, 0.3) is 0 Å². The first kappa shape index (κ1) is 21.9. The summed E-state index contributed by atoms with van der Waals surface area (Å²) < 4.78 is 0. The van der Waals surface area contributed by atoms with Crippen LogP contribution in [0, 0.1) is 5.92 Å². The molecular formula is C24H16Cl2N4O4. The Kier molecular flexibility index (Phi) is 5.47. The van der Waals surface area contributed by atoms with Crippen LogP contribution in [0.15, 0.2) is 66.7 Å². The summed E-state index contributed by atoms with van der Waals surface area (Å²) in [5, 5.41) is 8.88. The summed E-state index contributed by atoms with van der Waals surface area (Å²) in [6.07, 6.45) is 0. The van der Waals surface area contributed by atoms with Crippen LogP contribution in [0.2, 0.25) is 10.0 Å². The molecular weight excluding hydrogens is 479 g/mol. The van der Waals surface area contributed by atoms with Crippen molar-refractivity contribution in [1.29, 1.82) is 0 Å². The van der Waals surface area contributed by atoms with Gasteiger partial charge in [-0.25, -0.2) is 5.01 Å². The van der Waals surface area contributed by atoms with E-state index in [1.807, 2.05) is 0 Å². The molecule has 2 heterocycles. The number of carbonyl (C=O) groups is 4. The Morgan fingerprint density at radius 2 is 1.50 bits per heavy atom. The van der Waals surface area contributed by atoms with Gasteiger partial charge in [0, 0.05) is 15.7 Å². The van der Waals surface area contributed by atoms with E-state index in [4.69, 9.17) is 23.2 Å². The molecule has 1 saturated heterocycles. The lowest BCUT2D eigenvalue weighted by atomic mass is 10.1. The van der Waals surface area contributed by atoms with Crippen molar-refractivity contribution >= 4 is 63.9 Å². The van der Waals surface area contributed by atoms with Gasteiger partial charge >= 0.3 is 0 Å². The fourth-order valence-electron chi connectivity index (χ4n) is 4.00. The van der Waals surface area contributed by atoms with Gasteiger partial charge in [0.2, 0.25) is 5.91 Å². The summed E-state index contributed by atoms with van der Waals surface area (Å²) in [5.41, 5.74) is 1.84. The van der Waals surface area contributed by atoms with Gasteiger partial charge in [-0.2, -0.15) is 0 Å². The maximum Gasteiger partial charge on any atom is 0.260 e. The van der Waals surface area contributed by atoms with E-state index in [1.54, 1.807) is 53.5 Å². The molecule has 170 valence electrons. The van der Waals surface area contributed by atoms with E-state index in [1.165, 1.54) is 23.2 Å². The van der Waals surface area contributed by atoms with Crippen molar-refractivity contribution in [2.24, 2.45) is 5.92 Å². The smallest absolute Gasteiger partial charge is 0.260 e. The largest absolute Gasteiger partial charge is 0.325 e. The molecule has 0 saturated carbocycles. The van der Waals surface area contributed by atoms with E-state index in [0.29, 0.717) is 27.1 Å². The molecule has 0 spiro atoms. The lowest BCUT2D eigenvalue weighted by molar-refractivity contribution is -0.128. The fraction of sp³-hybridized carbons (Fsp3) is 0.0833. The molecule has 2 aliphatic rings. The van der Waals surface area contributed by atoms with E-state index >= 15 is 0 Å². The zero-order valence-electron chi connectivity index (χ0n) is 17.4. The summed E-state index contributed by atoms with van der Waals surface area (Å²) in [7, 11) is 0. The number of carbonyl (C=O) groups excluding carboxylic acids is 4. The molecule has 0 aromatic heterocycles. The lowest BCUT2D eigenvalue weighted by Gasteiger charge is -2.29. The van der Waals surface area contributed by atoms with Crippen molar-refractivity contribution in [3.8, 4) is 0 Å². The highest BCUT2D eigenvalue weighted by molar-refractivity contribution is 6.31. The maximum atomic E-state index is 13.4. The van der Waals surface area contributed by atoms with E-state index in [2.05, 4.69) is 10.6 Å². The van der Waals surface area contributed by atoms with Crippen LogP contribution in [0.3, 0.4) is 0 Å². The molecule has 10 heteroatoms. The summed E-state index contributed by atoms with van der Waals surface area (Å²) in [6, 6.07) is 18.1. The third-order valence-corrected chi connectivity index (χ3v) is 6.05. The summed E-state index contributed by atoms with van der Waals surface area (Å²) in [4.78, 5) is 50.3. The average molecular weight is 495 g/mol. The van der Waals surface area contributed by atoms with Gasteiger partial charge in [-0.15, -0.1) is 0 Å². The Bertz CT molecular complexity index is 1380. The van der Waals surface area contributed by atoms with Crippen molar-refractivity contribution in [3.63, 3.8) is 0 Å². The minimum absolute atomic E-state index is 0.0570. The van der Waals surface area contributed by atoms with Crippen LogP contribution in [-0.4, -0.2) is 30.2 Å². The number of amides is 4. The molecule has 4 amide bonds. The van der Waals surface area contributed by atoms with Gasteiger partial charge in [-0.1, -0.05) is 35.3 Å². The molecule has 3 aromatic rings. The summed E-state index contributed by atoms with van der Waals surface area (Å²) >= 11 is 12.3. The molecule has 1 unspecified atom stereocenters. The first-order valence-electron chi connectivity index (χ1n) is 10.2. The SMILES string of the molecule is O=C1NC(=O)c2cc(NC(=O)C3CN(c4cccc(Cl)c4)N(c4cccc(Cl)c4)C3=O)ccc21. The topological polar surface area (TPSA) is 98.8 Å². The van der Waals surface area contributed by atoms with Gasteiger partial charge in [-0.3, -0.25) is 29.5 Å². The predicted molar refractivity (Wildman–Crippen MR) is 128 cm³/mol. The van der Waals surface area contributed by atoms with E-state index in [-0.39, 0.29) is 17.7 Å². The first-order chi connectivity index (χ1) is 16.3. The van der Waals surface area contributed by atoms with Crippen molar-refractivity contribution in [3.05, 3.63) is 87.9 Å². The zero-order valence-corrected chi connectivity index (χ0v) is 18.9. The Morgan fingerprint density at radius 3 is 2.21 bits per heavy atom. The minimum Gasteiger partial charge on any atom is -0.325 e. The first-order valence-corrected chi connectivity index (χ1v) is 11.0. The van der Waals surface area contributed by atoms with Crippen LogP contribution in [-0.2, 0) is 9.59 Å². The highest BCUT2D eigenvalue weighted by Crippen LogP contribution is 2.33. The normalized spacial score (nSPS) is 17.1. The van der Waals surface area contributed by atoms with Gasteiger partial charge in [0.1, 0.15) is 5.92 Å². The zero-order chi connectivity index (χ0) is 24.0. The molecule has 2 N–H and O–H groups in total. The second-order valence-corrected chi connectivity index (χ2v) is 8.65. The van der Waals surface area contributed by atoms with E-state index < -0.39 is 29.5 Å². The molecule has 0 radical (unpaired) electrons. The third-order valence-electron chi connectivity index (χ3n) is 5.58. The fourth-order valence-corrected chi connectivity index (χ4v) is 4.37. The number of hydrogen-bond acceptors (Lipinski definition) is 5. The van der Waals surface area contributed by atoms with Crippen molar-refractivity contribution in [2.45, 2.75) is 0 Å². The number of hydrazine groups is 1. The number of imide groups is 1. The third kappa shape index (κ3) is 3.87. The highest BCUT2D eigenvalue weighted by atomic mass is 35.5. The van der Waals surface area contributed by atoms with Gasteiger partial charge in [0.15, 0.2) is 0 Å². The van der Waals surface area contributed by atoms with Crippen LogP contribution in [0.1, 0.15) is 20.7 Å². The number of anilines is 3. The van der Waals surface area contributed by atoms with Gasteiger partial charge in [0.25, 0.3) is 17.7 Å². The van der Waals surface area contributed by atoms with Gasteiger partial charge < -0.3 is 5.32 Å². The number of benzene rings is 3.